The Balaban J connectivity index is 1.91. The van der Waals surface area contributed by atoms with Gasteiger partial charge in [0, 0.05) is 18.8 Å². The zero-order chi connectivity index (χ0) is 11.6. The van der Waals surface area contributed by atoms with E-state index in [2.05, 4.69) is 13.5 Å². The van der Waals surface area contributed by atoms with Crippen molar-refractivity contribution in [1.29, 1.82) is 0 Å². The van der Waals surface area contributed by atoms with Gasteiger partial charge >= 0.3 is 8.56 Å². The molecule has 0 aromatic carbocycles. The topological polar surface area (TPSA) is 18.5 Å². The Morgan fingerprint density at radius 2 is 1.69 bits per heavy atom. The normalized spacial score (nSPS) is 28.7. The first kappa shape index (κ1) is 12.6. The van der Waals surface area contributed by atoms with Gasteiger partial charge in [-0.1, -0.05) is 19.3 Å². The second-order valence-corrected chi connectivity index (χ2v) is 9.21. The van der Waals surface area contributed by atoms with Gasteiger partial charge < -0.3 is 8.85 Å². The molecule has 2 aliphatic rings. The van der Waals surface area contributed by atoms with Crippen molar-refractivity contribution in [3.8, 4) is 0 Å². The van der Waals surface area contributed by atoms with Crippen molar-refractivity contribution in [1.82, 2.24) is 0 Å². The van der Waals surface area contributed by atoms with E-state index in [1.54, 1.807) is 0 Å². The van der Waals surface area contributed by atoms with Gasteiger partial charge in [0.2, 0.25) is 0 Å². The fourth-order valence-corrected chi connectivity index (χ4v) is 6.15. The highest BCUT2D eigenvalue weighted by Crippen LogP contribution is 2.41. The van der Waals surface area contributed by atoms with E-state index >= 15 is 0 Å². The lowest BCUT2D eigenvalue weighted by atomic mass is 9.82. The third-order valence-electron chi connectivity index (χ3n) is 4.74. The molecule has 2 atom stereocenters. The van der Waals surface area contributed by atoms with Crippen LogP contribution in [-0.2, 0) is 8.85 Å². The average molecular weight is 242 g/mol. The number of hydrogen-bond donors (Lipinski definition) is 0. The van der Waals surface area contributed by atoms with E-state index < -0.39 is 8.56 Å². The Labute approximate surface area is 101 Å². The first-order valence-electron chi connectivity index (χ1n) is 6.88. The third-order valence-corrected chi connectivity index (χ3v) is 8.45. The summed E-state index contributed by atoms with van der Waals surface area (Å²) in [5.41, 5.74) is 0.736. The molecule has 0 saturated heterocycles. The first-order chi connectivity index (χ1) is 7.65. The molecule has 0 aromatic heterocycles. The minimum atomic E-state index is -1.90. The molecule has 0 amide bonds. The Bertz CT molecular complexity index is 224. The molecule has 16 heavy (non-hydrogen) atoms. The summed E-state index contributed by atoms with van der Waals surface area (Å²) in [6, 6.07) is 0. The number of rotatable bonds is 5. The van der Waals surface area contributed by atoms with Crippen molar-refractivity contribution in [2.24, 2.45) is 5.92 Å². The van der Waals surface area contributed by atoms with Gasteiger partial charge in [-0.15, -0.1) is 0 Å². The van der Waals surface area contributed by atoms with Crippen molar-refractivity contribution in [3.63, 3.8) is 0 Å². The van der Waals surface area contributed by atoms with Crippen LogP contribution in [0.1, 0.15) is 51.9 Å². The first-order valence-corrected chi connectivity index (χ1v) is 9.28. The second-order valence-electron chi connectivity index (χ2n) is 5.72. The van der Waals surface area contributed by atoms with Crippen LogP contribution in [0, 0.1) is 5.92 Å². The maximum absolute atomic E-state index is 6.39. The molecule has 2 saturated carbocycles. The molecule has 2 unspecified atom stereocenters. The SMILES string of the molecule is CO[Si](C)(OC(C)C1CCC1)C1CCCC1. The zero-order valence-electron chi connectivity index (χ0n) is 11.0. The minimum Gasteiger partial charge on any atom is -0.398 e. The smallest absolute Gasteiger partial charge is 0.338 e. The predicted octanol–water partition coefficient (Wildman–Crippen LogP) is 3.85. The summed E-state index contributed by atoms with van der Waals surface area (Å²) in [6.45, 7) is 4.53. The van der Waals surface area contributed by atoms with Crippen LogP contribution in [0.4, 0.5) is 0 Å². The quantitative estimate of drug-likeness (QED) is 0.682. The molecular weight excluding hydrogens is 216 g/mol. The predicted molar refractivity (Wildman–Crippen MR) is 68.7 cm³/mol. The third kappa shape index (κ3) is 2.52. The monoisotopic (exact) mass is 242 g/mol. The highest BCUT2D eigenvalue weighted by Gasteiger charge is 2.44. The lowest BCUT2D eigenvalue weighted by molar-refractivity contribution is 0.0580. The van der Waals surface area contributed by atoms with E-state index in [9.17, 15) is 0 Å². The minimum absolute atomic E-state index is 0.422. The van der Waals surface area contributed by atoms with E-state index in [0.717, 1.165) is 11.5 Å². The molecule has 94 valence electrons. The van der Waals surface area contributed by atoms with E-state index in [0.29, 0.717) is 6.10 Å². The average Bonchev–Trinajstić information content (AvgIpc) is 2.67. The van der Waals surface area contributed by atoms with Gasteiger partial charge in [0.15, 0.2) is 0 Å². The van der Waals surface area contributed by atoms with Crippen LogP contribution in [0.2, 0.25) is 12.1 Å². The van der Waals surface area contributed by atoms with Crippen molar-refractivity contribution in [2.75, 3.05) is 7.11 Å². The Morgan fingerprint density at radius 3 is 2.12 bits per heavy atom. The lowest BCUT2D eigenvalue weighted by Crippen LogP contribution is -2.46. The summed E-state index contributed by atoms with van der Waals surface area (Å²) in [7, 11) is -0.0394. The molecular formula is C13H26O2Si. The summed E-state index contributed by atoms with van der Waals surface area (Å²) in [6.07, 6.45) is 9.94. The molecule has 3 heteroatoms. The Morgan fingerprint density at radius 1 is 1.06 bits per heavy atom. The van der Waals surface area contributed by atoms with E-state index in [1.807, 2.05) is 7.11 Å². The van der Waals surface area contributed by atoms with Gasteiger partial charge in [-0.05, 0) is 45.1 Å². The summed E-state index contributed by atoms with van der Waals surface area (Å²) in [5, 5.41) is 0. The molecule has 2 fully saturated rings. The fraction of sp³-hybridized carbons (Fsp3) is 1.00. The zero-order valence-corrected chi connectivity index (χ0v) is 12.0. The van der Waals surface area contributed by atoms with E-state index in [1.165, 1.54) is 44.9 Å². The van der Waals surface area contributed by atoms with E-state index in [4.69, 9.17) is 8.85 Å². The summed E-state index contributed by atoms with van der Waals surface area (Å²) in [5.74, 6) is 0.809. The largest absolute Gasteiger partial charge is 0.398 e. The lowest BCUT2D eigenvalue weighted by Gasteiger charge is -2.39. The molecule has 0 radical (unpaired) electrons. The van der Waals surface area contributed by atoms with E-state index in [-0.39, 0.29) is 0 Å². The van der Waals surface area contributed by atoms with Crippen LogP contribution in [0.3, 0.4) is 0 Å². The van der Waals surface area contributed by atoms with Crippen LogP contribution in [0.5, 0.6) is 0 Å². The van der Waals surface area contributed by atoms with Crippen LogP contribution >= 0.6 is 0 Å². The molecule has 0 heterocycles. The van der Waals surface area contributed by atoms with Gasteiger partial charge in [0.05, 0.1) is 0 Å². The molecule has 0 spiro atoms. The highest BCUT2D eigenvalue weighted by atomic mass is 28.4. The molecule has 0 aromatic rings. The van der Waals surface area contributed by atoms with Gasteiger partial charge in [-0.2, -0.15) is 0 Å². The molecule has 0 aliphatic heterocycles. The van der Waals surface area contributed by atoms with Crippen molar-refractivity contribution in [3.05, 3.63) is 0 Å². The van der Waals surface area contributed by atoms with Crippen LogP contribution in [0.25, 0.3) is 0 Å². The van der Waals surface area contributed by atoms with Gasteiger partial charge in [0.25, 0.3) is 0 Å². The molecule has 0 bridgehead atoms. The Hall–Kier alpha value is 0.137. The maximum Gasteiger partial charge on any atom is 0.338 e. The van der Waals surface area contributed by atoms with Crippen molar-refractivity contribution < 1.29 is 8.85 Å². The highest BCUT2D eigenvalue weighted by molar-refractivity contribution is 6.67. The summed E-state index contributed by atoms with van der Waals surface area (Å²) in [4.78, 5) is 0. The van der Waals surface area contributed by atoms with Crippen LogP contribution < -0.4 is 0 Å². The maximum atomic E-state index is 6.39. The molecule has 2 rings (SSSR count). The fourth-order valence-electron chi connectivity index (χ4n) is 3.14. The summed E-state index contributed by atoms with van der Waals surface area (Å²) >= 11 is 0. The summed E-state index contributed by atoms with van der Waals surface area (Å²) < 4.78 is 12.2. The standard InChI is InChI=1S/C13H26O2Si/c1-11(12-7-6-8-12)15-16(3,14-2)13-9-4-5-10-13/h11-13H,4-10H2,1-3H3. The van der Waals surface area contributed by atoms with Gasteiger partial charge in [-0.3, -0.25) is 0 Å². The molecule has 2 nitrogen and oxygen atoms in total. The van der Waals surface area contributed by atoms with Gasteiger partial charge in [-0.25, -0.2) is 0 Å². The molecule has 0 N–H and O–H groups in total. The number of hydrogen-bond acceptors (Lipinski definition) is 2. The van der Waals surface area contributed by atoms with Crippen molar-refractivity contribution in [2.45, 2.75) is 70.1 Å². The second kappa shape index (κ2) is 5.19. The molecule has 2 aliphatic carbocycles. The van der Waals surface area contributed by atoms with Crippen LogP contribution in [-0.4, -0.2) is 21.8 Å². The Kier molecular flexibility index (Phi) is 4.09. The van der Waals surface area contributed by atoms with Crippen LogP contribution in [0.15, 0.2) is 0 Å². The van der Waals surface area contributed by atoms with Crippen molar-refractivity contribution >= 4 is 8.56 Å². The van der Waals surface area contributed by atoms with Gasteiger partial charge in [0.1, 0.15) is 0 Å².